The van der Waals surface area contributed by atoms with Gasteiger partial charge in [-0.3, -0.25) is 29.8 Å². The number of anilines is 1. The van der Waals surface area contributed by atoms with E-state index < -0.39 is 46.0 Å². The van der Waals surface area contributed by atoms with E-state index in [1.165, 1.54) is 37.3 Å². The lowest BCUT2D eigenvalue weighted by atomic mass is 10.2. The summed E-state index contributed by atoms with van der Waals surface area (Å²) in [7, 11) is 0. The molecule has 2 amide bonds. The molecule has 0 aromatic heterocycles. The number of nitro benzene ring substituents is 2. The van der Waals surface area contributed by atoms with E-state index in [1.807, 2.05) is 0 Å². The Morgan fingerprint density at radius 2 is 1.79 bits per heavy atom. The second-order valence-electron chi connectivity index (χ2n) is 6.53. The van der Waals surface area contributed by atoms with Gasteiger partial charge in [-0.1, -0.05) is 6.07 Å². The molecule has 0 heterocycles. The highest BCUT2D eigenvalue weighted by Crippen LogP contribution is 2.29. The molecule has 13 nitrogen and oxygen atoms in total. The van der Waals surface area contributed by atoms with Crippen LogP contribution in [0.25, 0.3) is 0 Å². The number of ether oxygens (including phenoxy) is 2. The number of carbonyl (C=O) groups excluding carboxylic acids is 3. The molecule has 2 rings (SSSR count). The first-order valence-corrected chi connectivity index (χ1v) is 9.55. The number of carbonyl (C=O) groups is 3. The fraction of sp³-hybridized carbons (Fsp3) is 0.250. The molecule has 0 aliphatic carbocycles. The number of rotatable bonds is 10. The Kier molecular flexibility index (Phi) is 8.37. The lowest BCUT2D eigenvalue weighted by molar-refractivity contribution is -0.384. The first kappa shape index (κ1) is 24.7. The molecule has 0 aliphatic heterocycles. The molecule has 33 heavy (non-hydrogen) atoms. The van der Waals surface area contributed by atoms with Crippen LogP contribution < -0.4 is 15.4 Å². The van der Waals surface area contributed by atoms with Crippen molar-refractivity contribution in [1.29, 1.82) is 0 Å². The summed E-state index contributed by atoms with van der Waals surface area (Å²) in [4.78, 5) is 57.0. The lowest BCUT2D eigenvalue weighted by Gasteiger charge is -2.13. The molecule has 2 N–H and O–H groups in total. The average Bonchev–Trinajstić information content (AvgIpc) is 2.78. The van der Waals surface area contributed by atoms with Crippen molar-refractivity contribution in [2.45, 2.75) is 19.9 Å². The smallest absolute Gasteiger partial charge is 0.328 e. The predicted molar refractivity (Wildman–Crippen MR) is 114 cm³/mol. The Balaban J connectivity index is 1.93. The van der Waals surface area contributed by atoms with Gasteiger partial charge in [-0.05, 0) is 32.0 Å². The topological polar surface area (TPSA) is 180 Å². The van der Waals surface area contributed by atoms with Crippen molar-refractivity contribution in [1.82, 2.24) is 5.32 Å². The number of amides is 2. The van der Waals surface area contributed by atoms with E-state index in [-0.39, 0.29) is 22.7 Å². The van der Waals surface area contributed by atoms with Crippen LogP contribution >= 0.6 is 0 Å². The van der Waals surface area contributed by atoms with Crippen LogP contribution in [0.3, 0.4) is 0 Å². The number of nitro groups is 2. The standard InChI is InChI=1S/C20H20N4O9/c1-3-32-15-7-8-16(17(10-15)24(30)31)22-18(25)11-33-20(27)12(2)21-19(26)13-5-4-6-14(9-13)23(28)29/h4-10,12H,3,11H2,1-2H3,(H,21,26)(H,22,25). The molecule has 2 aromatic carbocycles. The first-order valence-electron chi connectivity index (χ1n) is 9.55. The summed E-state index contributed by atoms with van der Waals surface area (Å²) >= 11 is 0. The number of hydrogen-bond donors (Lipinski definition) is 2. The largest absolute Gasteiger partial charge is 0.494 e. The first-order chi connectivity index (χ1) is 15.6. The Hall–Kier alpha value is -4.55. The highest BCUT2D eigenvalue weighted by atomic mass is 16.6. The van der Waals surface area contributed by atoms with E-state index >= 15 is 0 Å². The van der Waals surface area contributed by atoms with Crippen molar-refractivity contribution < 1.29 is 33.7 Å². The number of nitrogens with zero attached hydrogens (tertiary/aromatic N) is 2. The van der Waals surface area contributed by atoms with Gasteiger partial charge >= 0.3 is 5.97 Å². The molecule has 1 atom stereocenters. The van der Waals surface area contributed by atoms with Crippen molar-refractivity contribution in [2.24, 2.45) is 0 Å². The molecule has 0 bridgehead atoms. The average molecular weight is 460 g/mol. The van der Waals surface area contributed by atoms with E-state index in [9.17, 15) is 34.6 Å². The van der Waals surface area contributed by atoms with Gasteiger partial charge in [0.25, 0.3) is 23.2 Å². The normalized spacial score (nSPS) is 11.1. The van der Waals surface area contributed by atoms with Gasteiger partial charge in [0, 0.05) is 17.7 Å². The Morgan fingerprint density at radius 3 is 2.42 bits per heavy atom. The van der Waals surface area contributed by atoms with E-state index in [0.29, 0.717) is 6.61 Å². The maximum Gasteiger partial charge on any atom is 0.328 e. The summed E-state index contributed by atoms with van der Waals surface area (Å²) in [5.41, 5.74) is -0.850. The van der Waals surface area contributed by atoms with Crippen LogP contribution in [-0.2, 0) is 14.3 Å². The number of hydrogen-bond acceptors (Lipinski definition) is 9. The number of nitrogens with one attached hydrogen (secondary N) is 2. The molecule has 0 fully saturated rings. The molecule has 0 saturated heterocycles. The third kappa shape index (κ3) is 6.99. The lowest BCUT2D eigenvalue weighted by Crippen LogP contribution is -2.40. The van der Waals surface area contributed by atoms with Gasteiger partial charge in [0.2, 0.25) is 0 Å². The fourth-order valence-corrected chi connectivity index (χ4v) is 2.57. The molecule has 2 aromatic rings. The maximum absolute atomic E-state index is 12.2. The zero-order valence-electron chi connectivity index (χ0n) is 17.6. The predicted octanol–water partition coefficient (Wildman–Crippen LogP) is 2.20. The number of esters is 1. The second kappa shape index (κ2) is 11.2. The number of non-ortho nitro benzene ring substituents is 1. The van der Waals surface area contributed by atoms with Crippen LogP contribution in [-0.4, -0.2) is 46.9 Å². The minimum atomic E-state index is -1.18. The van der Waals surface area contributed by atoms with Crippen LogP contribution in [0, 0.1) is 20.2 Å². The van der Waals surface area contributed by atoms with Gasteiger partial charge in [-0.2, -0.15) is 0 Å². The summed E-state index contributed by atoms with van der Waals surface area (Å²) in [6.45, 7) is 2.55. The molecule has 0 spiro atoms. The van der Waals surface area contributed by atoms with Gasteiger partial charge in [-0.25, -0.2) is 4.79 Å². The van der Waals surface area contributed by atoms with Gasteiger partial charge in [0.15, 0.2) is 6.61 Å². The number of benzene rings is 2. The van der Waals surface area contributed by atoms with Crippen LogP contribution in [0.1, 0.15) is 24.2 Å². The van der Waals surface area contributed by atoms with Gasteiger partial charge < -0.3 is 20.1 Å². The minimum Gasteiger partial charge on any atom is -0.494 e. The van der Waals surface area contributed by atoms with Gasteiger partial charge in [0.05, 0.1) is 22.5 Å². The Labute approximate surface area is 187 Å². The fourth-order valence-electron chi connectivity index (χ4n) is 2.57. The SMILES string of the molecule is CCOc1ccc(NC(=O)COC(=O)C(C)NC(=O)c2cccc([N+](=O)[O-])c2)c([N+](=O)[O-])c1. The van der Waals surface area contributed by atoms with Crippen molar-refractivity contribution in [2.75, 3.05) is 18.5 Å². The van der Waals surface area contributed by atoms with E-state index in [0.717, 1.165) is 12.1 Å². The van der Waals surface area contributed by atoms with Crippen molar-refractivity contribution >= 4 is 34.8 Å². The summed E-state index contributed by atoms with van der Waals surface area (Å²) < 4.78 is 10.0. The summed E-state index contributed by atoms with van der Waals surface area (Å²) in [5, 5.41) is 26.6. The van der Waals surface area contributed by atoms with Crippen LogP contribution in [0.15, 0.2) is 42.5 Å². The third-order valence-electron chi connectivity index (χ3n) is 4.12. The molecule has 1 unspecified atom stereocenters. The third-order valence-corrected chi connectivity index (χ3v) is 4.12. The van der Waals surface area contributed by atoms with Crippen LogP contribution in [0.2, 0.25) is 0 Å². The molecule has 174 valence electrons. The maximum atomic E-state index is 12.2. The highest BCUT2D eigenvalue weighted by molar-refractivity contribution is 5.98. The second-order valence-corrected chi connectivity index (χ2v) is 6.53. The highest BCUT2D eigenvalue weighted by Gasteiger charge is 2.22. The Bertz CT molecular complexity index is 1090. The molecule has 0 radical (unpaired) electrons. The minimum absolute atomic E-state index is 0.0376. The van der Waals surface area contributed by atoms with Crippen molar-refractivity contribution in [3.63, 3.8) is 0 Å². The quantitative estimate of drug-likeness (QED) is 0.305. The van der Waals surface area contributed by atoms with E-state index in [2.05, 4.69) is 10.6 Å². The zero-order chi connectivity index (χ0) is 24.5. The molecule has 0 saturated carbocycles. The van der Waals surface area contributed by atoms with Crippen LogP contribution in [0.5, 0.6) is 5.75 Å². The van der Waals surface area contributed by atoms with Crippen molar-refractivity contribution in [3.8, 4) is 5.75 Å². The molecular formula is C20H20N4O9. The van der Waals surface area contributed by atoms with Crippen molar-refractivity contribution in [3.05, 3.63) is 68.3 Å². The Morgan fingerprint density at radius 1 is 1.06 bits per heavy atom. The van der Waals surface area contributed by atoms with E-state index in [4.69, 9.17) is 9.47 Å². The van der Waals surface area contributed by atoms with E-state index in [1.54, 1.807) is 6.92 Å². The van der Waals surface area contributed by atoms with Gasteiger partial charge in [0.1, 0.15) is 17.5 Å². The molecule has 13 heteroatoms. The van der Waals surface area contributed by atoms with Gasteiger partial charge in [-0.15, -0.1) is 0 Å². The summed E-state index contributed by atoms with van der Waals surface area (Å²) in [6, 6.07) is 7.60. The molecule has 0 aliphatic rings. The summed E-state index contributed by atoms with van der Waals surface area (Å²) in [5.74, 6) is -2.29. The monoisotopic (exact) mass is 460 g/mol. The van der Waals surface area contributed by atoms with Crippen LogP contribution in [0.4, 0.5) is 17.1 Å². The molecular weight excluding hydrogens is 440 g/mol. The zero-order valence-corrected chi connectivity index (χ0v) is 17.6. The summed E-state index contributed by atoms with van der Waals surface area (Å²) in [6.07, 6.45) is 0.